The molecule has 1 saturated carbocycles. The fourth-order valence-corrected chi connectivity index (χ4v) is 2.63. The van der Waals surface area contributed by atoms with Gasteiger partial charge in [0, 0.05) is 12.1 Å². The Hall–Kier alpha value is -1.65. The molecule has 2 atom stereocenters. The van der Waals surface area contributed by atoms with Crippen molar-refractivity contribution < 1.29 is 13.6 Å². The summed E-state index contributed by atoms with van der Waals surface area (Å²) in [7, 11) is 0. The average molecular weight is 282 g/mol. The quantitative estimate of drug-likeness (QED) is 0.646. The molecule has 5 heteroatoms. The van der Waals surface area contributed by atoms with Gasteiger partial charge in [0.05, 0.1) is 11.3 Å². The maximum atomic E-state index is 13.6. The maximum Gasteiger partial charge on any atom is 0.254 e. The number of halogens is 2. The normalized spacial score (nSPS) is 23.1. The van der Waals surface area contributed by atoms with Gasteiger partial charge in [0.15, 0.2) is 0 Å². The molecule has 3 N–H and O–H groups in total. The molecule has 1 aliphatic carbocycles. The highest BCUT2D eigenvalue weighted by Gasteiger charge is 2.21. The lowest BCUT2D eigenvalue weighted by atomic mass is 10.0. The standard InChI is InChI=1S/C15H20F2N2O/c1-9-3-2-4-10(6-5-9)19-15(20)11-7-14(18)13(17)8-12(11)16/h7-10H,2-6,18H2,1H3,(H,19,20). The highest BCUT2D eigenvalue weighted by molar-refractivity contribution is 5.95. The second-order valence-corrected chi connectivity index (χ2v) is 5.64. The van der Waals surface area contributed by atoms with E-state index in [9.17, 15) is 13.6 Å². The van der Waals surface area contributed by atoms with Crippen LogP contribution in [0.1, 0.15) is 49.4 Å². The molecule has 0 radical (unpaired) electrons. The molecule has 3 nitrogen and oxygen atoms in total. The second-order valence-electron chi connectivity index (χ2n) is 5.64. The Balaban J connectivity index is 2.06. The summed E-state index contributed by atoms with van der Waals surface area (Å²) in [5, 5.41) is 2.83. The molecule has 1 amide bonds. The van der Waals surface area contributed by atoms with Gasteiger partial charge in [0.2, 0.25) is 0 Å². The van der Waals surface area contributed by atoms with Crippen molar-refractivity contribution in [2.75, 3.05) is 5.73 Å². The van der Waals surface area contributed by atoms with Gasteiger partial charge in [-0.2, -0.15) is 0 Å². The summed E-state index contributed by atoms with van der Waals surface area (Å²) in [6.07, 6.45) is 5.06. The van der Waals surface area contributed by atoms with E-state index in [0.717, 1.165) is 38.2 Å². The zero-order valence-electron chi connectivity index (χ0n) is 11.6. The van der Waals surface area contributed by atoms with Crippen molar-refractivity contribution in [3.63, 3.8) is 0 Å². The van der Waals surface area contributed by atoms with Crippen molar-refractivity contribution in [2.24, 2.45) is 5.92 Å². The summed E-state index contributed by atoms with van der Waals surface area (Å²) in [5.74, 6) is -1.58. The van der Waals surface area contributed by atoms with Crippen LogP contribution >= 0.6 is 0 Å². The van der Waals surface area contributed by atoms with Crippen LogP contribution in [0.3, 0.4) is 0 Å². The van der Waals surface area contributed by atoms with Gasteiger partial charge in [-0.1, -0.05) is 19.8 Å². The number of hydrogen-bond donors (Lipinski definition) is 2. The van der Waals surface area contributed by atoms with Crippen molar-refractivity contribution in [1.29, 1.82) is 0 Å². The van der Waals surface area contributed by atoms with E-state index < -0.39 is 17.5 Å². The Labute approximate surface area is 117 Å². The summed E-state index contributed by atoms with van der Waals surface area (Å²) in [6, 6.07) is 1.76. The van der Waals surface area contributed by atoms with Crippen LogP contribution < -0.4 is 11.1 Å². The summed E-state index contributed by atoms with van der Waals surface area (Å²) >= 11 is 0. The van der Waals surface area contributed by atoms with Gasteiger partial charge in [-0.15, -0.1) is 0 Å². The fourth-order valence-electron chi connectivity index (χ4n) is 2.63. The summed E-state index contributed by atoms with van der Waals surface area (Å²) in [6.45, 7) is 2.20. The van der Waals surface area contributed by atoms with E-state index in [4.69, 9.17) is 5.73 Å². The Morgan fingerprint density at radius 3 is 2.70 bits per heavy atom. The minimum atomic E-state index is -0.879. The molecule has 0 saturated heterocycles. The highest BCUT2D eigenvalue weighted by Crippen LogP contribution is 2.23. The third-order valence-electron chi connectivity index (χ3n) is 3.92. The van der Waals surface area contributed by atoms with Crippen LogP contribution in [-0.4, -0.2) is 11.9 Å². The summed E-state index contributed by atoms with van der Waals surface area (Å²) < 4.78 is 26.7. The van der Waals surface area contributed by atoms with Gasteiger partial charge in [0.25, 0.3) is 5.91 Å². The number of anilines is 1. The number of amides is 1. The number of rotatable bonds is 2. The fraction of sp³-hybridized carbons (Fsp3) is 0.533. The second kappa shape index (κ2) is 6.20. The minimum absolute atomic E-state index is 0.0538. The average Bonchev–Trinajstić information content (AvgIpc) is 2.59. The first kappa shape index (κ1) is 14.8. The monoisotopic (exact) mass is 282 g/mol. The topological polar surface area (TPSA) is 55.1 Å². The molecule has 1 aromatic rings. The first-order valence-corrected chi connectivity index (χ1v) is 7.02. The maximum absolute atomic E-state index is 13.6. The van der Waals surface area contributed by atoms with Crippen molar-refractivity contribution in [3.05, 3.63) is 29.3 Å². The molecule has 1 aliphatic rings. The third-order valence-corrected chi connectivity index (χ3v) is 3.92. The van der Waals surface area contributed by atoms with Crippen molar-refractivity contribution in [3.8, 4) is 0 Å². The van der Waals surface area contributed by atoms with E-state index in [1.807, 2.05) is 0 Å². The molecule has 2 unspecified atom stereocenters. The van der Waals surface area contributed by atoms with E-state index in [0.29, 0.717) is 12.0 Å². The number of hydrogen-bond acceptors (Lipinski definition) is 2. The van der Waals surface area contributed by atoms with Crippen LogP contribution in [0.2, 0.25) is 0 Å². The van der Waals surface area contributed by atoms with Gasteiger partial charge in [-0.3, -0.25) is 4.79 Å². The van der Waals surface area contributed by atoms with E-state index >= 15 is 0 Å². The minimum Gasteiger partial charge on any atom is -0.396 e. The number of carbonyl (C=O) groups is 1. The van der Waals surface area contributed by atoms with Gasteiger partial charge < -0.3 is 11.1 Å². The lowest BCUT2D eigenvalue weighted by Gasteiger charge is -2.17. The number of nitrogens with one attached hydrogen (secondary N) is 1. The van der Waals surface area contributed by atoms with E-state index in [2.05, 4.69) is 12.2 Å². The number of nitrogen functional groups attached to an aromatic ring is 1. The molecule has 110 valence electrons. The van der Waals surface area contributed by atoms with Crippen LogP contribution in [0, 0.1) is 17.6 Å². The number of carbonyl (C=O) groups excluding carboxylic acids is 1. The lowest BCUT2D eigenvalue weighted by Crippen LogP contribution is -2.35. The predicted octanol–water partition coefficient (Wildman–Crippen LogP) is 3.25. The SMILES string of the molecule is CC1CCCC(NC(=O)c2cc(N)c(F)cc2F)CC1. The van der Waals surface area contributed by atoms with Crippen LogP contribution in [0.5, 0.6) is 0 Å². The number of nitrogens with two attached hydrogens (primary N) is 1. The molecule has 0 aromatic heterocycles. The van der Waals surface area contributed by atoms with Crippen molar-refractivity contribution >= 4 is 11.6 Å². The van der Waals surface area contributed by atoms with E-state index in [1.54, 1.807) is 0 Å². The smallest absolute Gasteiger partial charge is 0.254 e. The Morgan fingerprint density at radius 1 is 1.20 bits per heavy atom. The molecule has 0 aliphatic heterocycles. The van der Waals surface area contributed by atoms with Crippen LogP contribution in [0.25, 0.3) is 0 Å². The van der Waals surface area contributed by atoms with Crippen LogP contribution in [0.15, 0.2) is 12.1 Å². The first-order valence-electron chi connectivity index (χ1n) is 7.02. The Morgan fingerprint density at radius 2 is 1.95 bits per heavy atom. The molecule has 2 rings (SSSR count). The first-order chi connectivity index (χ1) is 9.47. The van der Waals surface area contributed by atoms with E-state index in [-0.39, 0.29) is 17.3 Å². The third kappa shape index (κ3) is 3.46. The van der Waals surface area contributed by atoms with E-state index in [1.165, 1.54) is 0 Å². The van der Waals surface area contributed by atoms with Gasteiger partial charge >= 0.3 is 0 Å². The molecule has 0 bridgehead atoms. The van der Waals surface area contributed by atoms with Crippen LogP contribution in [-0.2, 0) is 0 Å². The zero-order valence-corrected chi connectivity index (χ0v) is 11.6. The zero-order chi connectivity index (χ0) is 14.7. The van der Waals surface area contributed by atoms with Gasteiger partial charge in [-0.05, 0) is 31.2 Å². The Bertz CT molecular complexity index is 505. The van der Waals surface area contributed by atoms with Crippen molar-refractivity contribution in [1.82, 2.24) is 5.32 Å². The number of benzene rings is 1. The largest absolute Gasteiger partial charge is 0.396 e. The van der Waals surface area contributed by atoms with Gasteiger partial charge in [0.1, 0.15) is 11.6 Å². The molecule has 1 fully saturated rings. The molecule has 0 spiro atoms. The van der Waals surface area contributed by atoms with Gasteiger partial charge in [-0.25, -0.2) is 8.78 Å². The molecular formula is C15H20F2N2O. The summed E-state index contributed by atoms with van der Waals surface area (Å²) in [4.78, 5) is 12.1. The Kier molecular flexibility index (Phi) is 4.57. The predicted molar refractivity (Wildman–Crippen MR) is 74.3 cm³/mol. The summed E-state index contributed by atoms with van der Waals surface area (Å²) in [5.41, 5.74) is 4.97. The molecule has 1 aromatic carbocycles. The highest BCUT2D eigenvalue weighted by atomic mass is 19.1. The molecule has 20 heavy (non-hydrogen) atoms. The lowest BCUT2D eigenvalue weighted by molar-refractivity contribution is 0.0929. The molecular weight excluding hydrogens is 262 g/mol. The van der Waals surface area contributed by atoms with Crippen molar-refractivity contribution in [2.45, 2.75) is 45.1 Å². The molecule has 0 heterocycles. The van der Waals surface area contributed by atoms with Crippen LogP contribution in [0.4, 0.5) is 14.5 Å².